The van der Waals surface area contributed by atoms with Crippen molar-refractivity contribution >= 4 is 11.6 Å². The van der Waals surface area contributed by atoms with Crippen molar-refractivity contribution in [3.63, 3.8) is 0 Å². The van der Waals surface area contributed by atoms with Crippen LogP contribution in [-0.4, -0.2) is 56.7 Å². The van der Waals surface area contributed by atoms with Gasteiger partial charge in [0.1, 0.15) is 13.2 Å². The molecule has 2 heterocycles. The molecule has 0 spiro atoms. The van der Waals surface area contributed by atoms with Crippen LogP contribution >= 0.6 is 0 Å². The van der Waals surface area contributed by atoms with Crippen LogP contribution in [0.1, 0.15) is 29.7 Å². The number of anilines is 1. The Bertz CT molecular complexity index is 907. The molecule has 160 valence electrons. The van der Waals surface area contributed by atoms with Gasteiger partial charge in [0.05, 0.1) is 12.6 Å². The number of hydrogen-bond donors (Lipinski definition) is 1. The number of amides is 1. The van der Waals surface area contributed by atoms with Gasteiger partial charge in [-0.05, 0) is 55.7 Å². The summed E-state index contributed by atoms with van der Waals surface area (Å²) in [7, 11) is 0. The molecule has 2 aliphatic heterocycles. The van der Waals surface area contributed by atoms with Crippen molar-refractivity contribution in [3.8, 4) is 11.5 Å². The van der Waals surface area contributed by atoms with E-state index in [9.17, 15) is 4.79 Å². The summed E-state index contributed by atoms with van der Waals surface area (Å²) in [4.78, 5) is 17.3. The molecular formula is C24H31N3O3. The highest BCUT2D eigenvalue weighted by molar-refractivity contribution is 5.78. The van der Waals surface area contributed by atoms with Crippen LogP contribution in [0.5, 0.6) is 11.5 Å². The predicted molar refractivity (Wildman–Crippen MR) is 119 cm³/mol. The van der Waals surface area contributed by atoms with E-state index in [1.54, 1.807) is 0 Å². The van der Waals surface area contributed by atoms with E-state index in [1.165, 1.54) is 16.8 Å². The zero-order chi connectivity index (χ0) is 21.1. The van der Waals surface area contributed by atoms with Crippen molar-refractivity contribution in [1.29, 1.82) is 0 Å². The average molecular weight is 410 g/mol. The number of rotatable bonds is 5. The van der Waals surface area contributed by atoms with Gasteiger partial charge in [0.15, 0.2) is 11.5 Å². The maximum Gasteiger partial charge on any atom is 0.234 e. The normalized spacial score (nSPS) is 17.5. The number of aryl methyl sites for hydroxylation is 1. The van der Waals surface area contributed by atoms with Crippen molar-refractivity contribution in [1.82, 2.24) is 10.2 Å². The van der Waals surface area contributed by atoms with Crippen molar-refractivity contribution in [3.05, 3.63) is 53.1 Å². The van der Waals surface area contributed by atoms with Crippen molar-refractivity contribution in [2.45, 2.75) is 26.8 Å². The zero-order valence-corrected chi connectivity index (χ0v) is 18.1. The van der Waals surface area contributed by atoms with Crippen molar-refractivity contribution < 1.29 is 14.3 Å². The molecule has 6 heteroatoms. The monoisotopic (exact) mass is 409 g/mol. The number of piperazine rings is 1. The minimum Gasteiger partial charge on any atom is -0.486 e. The highest BCUT2D eigenvalue weighted by atomic mass is 16.6. The number of carbonyl (C=O) groups is 1. The summed E-state index contributed by atoms with van der Waals surface area (Å²) in [6.07, 6.45) is 0. The molecule has 2 aliphatic rings. The Morgan fingerprint density at radius 2 is 1.77 bits per heavy atom. The van der Waals surface area contributed by atoms with Crippen LogP contribution in [0.3, 0.4) is 0 Å². The minimum absolute atomic E-state index is 0.0533. The largest absolute Gasteiger partial charge is 0.486 e. The highest BCUT2D eigenvalue weighted by Crippen LogP contribution is 2.32. The van der Waals surface area contributed by atoms with Gasteiger partial charge in [-0.2, -0.15) is 0 Å². The van der Waals surface area contributed by atoms with Gasteiger partial charge in [-0.25, -0.2) is 0 Å². The summed E-state index contributed by atoms with van der Waals surface area (Å²) in [5.41, 5.74) is 5.00. The van der Waals surface area contributed by atoms with Crippen LogP contribution in [-0.2, 0) is 4.79 Å². The molecule has 1 N–H and O–H groups in total. The van der Waals surface area contributed by atoms with Gasteiger partial charge < -0.3 is 19.7 Å². The quantitative estimate of drug-likeness (QED) is 0.823. The van der Waals surface area contributed by atoms with Crippen LogP contribution in [0.4, 0.5) is 5.69 Å². The van der Waals surface area contributed by atoms with E-state index in [-0.39, 0.29) is 11.9 Å². The molecule has 1 fully saturated rings. The summed E-state index contributed by atoms with van der Waals surface area (Å²) in [5.74, 6) is 1.57. The Labute approximate surface area is 178 Å². The van der Waals surface area contributed by atoms with Crippen LogP contribution in [0.25, 0.3) is 0 Å². The second kappa shape index (κ2) is 8.96. The molecule has 1 atom stereocenters. The van der Waals surface area contributed by atoms with Gasteiger partial charge in [-0.15, -0.1) is 0 Å². The Morgan fingerprint density at radius 3 is 2.53 bits per heavy atom. The third-order valence-electron chi connectivity index (χ3n) is 6.10. The van der Waals surface area contributed by atoms with Crippen LogP contribution < -0.4 is 19.7 Å². The molecule has 1 saturated heterocycles. The number of hydrogen-bond acceptors (Lipinski definition) is 5. The first-order chi connectivity index (χ1) is 14.5. The molecule has 0 saturated carbocycles. The van der Waals surface area contributed by atoms with Gasteiger partial charge in [-0.1, -0.05) is 18.2 Å². The first kappa shape index (κ1) is 20.5. The second-order valence-electron chi connectivity index (χ2n) is 8.17. The Kier molecular flexibility index (Phi) is 6.13. The van der Waals surface area contributed by atoms with E-state index in [4.69, 9.17) is 9.47 Å². The van der Waals surface area contributed by atoms with Gasteiger partial charge >= 0.3 is 0 Å². The van der Waals surface area contributed by atoms with Crippen LogP contribution in [0.15, 0.2) is 36.4 Å². The lowest BCUT2D eigenvalue weighted by atomic mass is 10.1. The molecule has 2 aromatic rings. The predicted octanol–water partition coefficient (Wildman–Crippen LogP) is 3.07. The number of carbonyl (C=O) groups excluding carboxylic acids is 1. The van der Waals surface area contributed by atoms with Gasteiger partial charge in [0.25, 0.3) is 0 Å². The second-order valence-corrected chi connectivity index (χ2v) is 8.17. The summed E-state index contributed by atoms with van der Waals surface area (Å²) < 4.78 is 11.2. The lowest BCUT2D eigenvalue weighted by Crippen LogP contribution is -2.49. The molecule has 0 aliphatic carbocycles. The standard InChI is InChI=1S/C24H31N3O3/c1-17-5-4-6-21(18(17)2)27-11-9-26(10-12-27)16-24(28)25-19(3)20-7-8-22-23(15-20)30-14-13-29-22/h4-8,15,19H,9-14,16H2,1-3H3,(H,25,28)/t19-/m1/s1. The summed E-state index contributed by atoms with van der Waals surface area (Å²) in [5, 5.41) is 3.12. The minimum atomic E-state index is -0.0791. The topological polar surface area (TPSA) is 54.0 Å². The molecule has 1 amide bonds. The van der Waals surface area contributed by atoms with E-state index in [2.05, 4.69) is 47.2 Å². The third kappa shape index (κ3) is 4.54. The molecule has 4 rings (SSSR count). The summed E-state index contributed by atoms with van der Waals surface area (Å²) >= 11 is 0. The number of nitrogens with zero attached hydrogens (tertiary/aromatic N) is 2. The fourth-order valence-electron chi connectivity index (χ4n) is 4.13. The Hall–Kier alpha value is -2.73. The maximum absolute atomic E-state index is 12.6. The van der Waals surface area contributed by atoms with Crippen molar-refractivity contribution in [2.75, 3.05) is 50.8 Å². The molecule has 6 nitrogen and oxygen atoms in total. The van der Waals surface area contributed by atoms with E-state index < -0.39 is 0 Å². The molecule has 0 unspecified atom stereocenters. The van der Waals surface area contributed by atoms with Crippen LogP contribution in [0.2, 0.25) is 0 Å². The van der Waals surface area contributed by atoms with Crippen LogP contribution in [0, 0.1) is 13.8 Å². The lowest BCUT2D eigenvalue weighted by Gasteiger charge is -2.36. The molecule has 2 aromatic carbocycles. The maximum atomic E-state index is 12.6. The summed E-state index contributed by atoms with van der Waals surface area (Å²) in [6, 6.07) is 12.3. The van der Waals surface area contributed by atoms with E-state index in [1.807, 2.05) is 25.1 Å². The van der Waals surface area contributed by atoms with E-state index >= 15 is 0 Å². The number of fused-ring (bicyclic) bond motifs is 1. The SMILES string of the molecule is Cc1cccc(N2CCN(CC(=O)N[C@H](C)c3ccc4c(c3)OCCO4)CC2)c1C. The molecule has 30 heavy (non-hydrogen) atoms. The number of benzene rings is 2. The molecular weight excluding hydrogens is 378 g/mol. The first-order valence-electron chi connectivity index (χ1n) is 10.7. The lowest BCUT2D eigenvalue weighted by molar-refractivity contribution is -0.123. The fraction of sp³-hybridized carbons (Fsp3) is 0.458. The fourth-order valence-corrected chi connectivity index (χ4v) is 4.13. The van der Waals surface area contributed by atoms with Gasteiger partial charge in [0.2, 0.25) is 5.91 Å². The van der Waals surface area contributed by atoms with E-state index in [0.29, 0.717) is 19.8 Å². The average Bonchev–Trinajstić information content (AvgIpc) is 2.76. The van der Waals surface area contributed by atoms with Gasteiger partial charge in [0, 0.05) is 31.9 Å². The molecule has 0 radical (unpaired) electrons. The number of ether oxygens (including phenoxy) is 2. The number of nitrogens with one attached hydrogen (secondary N) is 1. The van der Waals surface area contributed by atoms with E-state index in [0.717, 1.165) is 43.2 Å². The smallest absolute Gasteiger partial charge is 0.234 e. The molecule has 0 bridgehead atoms. The van der Waals surface area contributed by atoms with Crippen molar-refractivity contribution in [2.24, 2.45) is 0 Å². The Balaban J connectivity index is 1.28. The first-order valence-corrected chi connectivity index (χ1v) is 10.7. The van der Waals surface area contributed by atoms with Gasteiger partial charge in [-0.3, -0.25) is 9.69 Å². The zero-order valence-electron chi connectivity index (χ0n) is 18.1. The highest BCUT2D eigenvalue weighted by Gasteiger charge is 2.22. The summed E-state index contributed by atoms with van der Waals surface area (Å²) in [6.45, 7) is 11.6. The third-order valence-corrected chi connectivity index (χ3v) is 6.10. The molecule has 0 aromatic heterocycles. The Morgan fingerprint density at radius 1 is 1.03 bits per heavy atom.